The van der Waals surface area contributed by atoms with Gasteiger partial charge < -0.3 is 4.74 Å². The van der Waals surface area contributed by atoms with Crippen LogP contribution in [-0.2, 0) is 9.53 Å². The maximum atomic E-state index is 11.1. The molecule has 21 heavy (non-hydrogen) atoms. The van der Waals surface area contributed by atoms with Crippen molar-refractivity contribution in [3.05, 3.63) is 77.9 Å². The Morgan fingerprint density at radius 2 is 1.52 bits per heavy atom. The highest BCUT2D eigenvalue weighted by molar-refractivity contribution is 8.00. The second kappa shape index (κ2) is 8.32. The molecule has 2 rings (SSSR count). The molecule has 0 aliphatic heterocycles. The van der Waals surface area contributed by atoms with Gasteiger partial charge in [0.05, 0.1) is 12.9 Å². The molecule has 2 nitrogen and oxygen atoms in total. The van der Waals surface area contributed by atoms with Crippen molar-refractivity contribution in [3.8, 4) is 0 Å². The standard InChI is InChI=1S/C18H18O2S/c1-20-18(19)14-21-13-12-17(15-8-4-2-5-9-15)16-10-6-3-7-11-16/h2-12H,13-14H2,1H3. The SMILES string of the molecule is COC(=O)CSCC=C(c1ccccc1)c1ccccc1. The van der Waals surface area contributed by atoms with Crippen LogP contribution in [0.2, 0.25) is 0 Å². The van der Waals surface area contributed by atoms with Gasteiger partial charge in [0.25, 0.3) is 0 Å². The highest BCUT2D eigenvalue weighted by atomic mass is 32.2. The number of carbonyl (C=O) groups excluding carboxylic acids is 1. The van der Waals surface area contributed by atoms with E-state index in [0.717, 1.165) is 5.75 Å². The molecule has 0 spiro atoms. The van der Waals surface area contributed by atoms with E-state index in [1.54, 1.807) is 11.8 Å². The van der Waals surface area contributed by atoms with Gasteiger partial charge in [-0.05, 0) is 16.7 Å². The number of hydrogen-bond donors (Lipinski definition) is 0. The zero-order valence-corrected chi connectivity index (χ0v) is 12.8. The quantitative estimate of drug-likeness (QED) is 0.595. The van der Waals surface area contributed by atoms with Crippen molar-refractivity contribution in [1.82, 2.24) is 0 Å². The van der Waals surface area contributed by atoms with E-state index in [1.807, 2.05) is 36.4 Å². The predicted octanol–water partition coefficient (Wildman–Crippen LogP) is 4.02. The predicted molar refractivity (Wildman–Crippen MR) is 89.3 cm³/mol. The van der Waals surface area contributed by atoms with E-state index in [1.165, 1.54) is 23.8 Å². The second-order valence-electron chi connectivity index (χ2n) is 4.44. The molecule has 0 saturated carbocycles. The van der Waals surface area contributed by atoms with Crippen LogP contribution in [0.3, 0.4) is 0 Å². The summed E-state index contributed by atoms with van der Waals surface area (Å²) < 4.78 is 4.65. The van der Waals surface area contributed by atoms with Gasteiger partial charge in [0.1, 0.15) is 0 Å². The fourth-order valence-corrected chi connectivity index (χ4v) is 2.67. The largest absolute Gasteiger partial charge is 0.468 e. The summed E-state index contributed by atoms with van der Waals surface area (Å²) in [7, 11) is 1.41. The Hall–Kier alpha value is -2.00. The molecule has 2 aromatic carbocycles. The molecule has 0 aliphatic carbocycles. The van der Waals surface area contributed by atoms with Crippen LogP contribution in [0, 0.1) is 0 Å². The molecule has 0 aromatic heterocycles. The lowest BCUT2D eigenvalue weighted by molar-refractivity contribution is -0.137. The third-order valence-corrected chi connectivity index (χ3v) is 3.86. The highest BCUT2D eigenvalue weighted by Gasteiger charge is 2.04. The number of methoxy groups -OCH3 is 1. The summed E-state index contributed by atoms with van der Waals surface area (Å²) in [6.45, 7) is 0. The van der Waals surface area contributed by atoms with Crippen LogP contribution in [-0.4, -0.2) is 24.6 Å². The van der Waals surface area contributed by atoms with Crippen LogP contribution in [0.4, 0.5) is 0 Å². The van der Waals surface area contributed by atoms with Gasteiger partial charge in [-0.15, -0.1) is 11.8 Å². The van der Waals surface area contributed by atoms with Crippen molar-refractivity contribution in [3.63, 3.8) is 0 Å². The monoisotopic (exact) mass is 298 g/mol. The Morgan fingerprint density at radius 1 is 1.00 bits per heavy atom. The molecule has 0 unspecified atom stereocenters. The summed E-state index contributed by atoms with van der Waals surface area (Å²) in [4.78, 5) is 11.1. The van der Waals surface area contributed by atoms with E-state index in [9.17, 15) is 4.79 Å². The molecule has 0 amide bonds. The molecule has 0 saturated heterocycles. The lowest BCUT2D eigenvalue weighted by Crippen LogP contribution is -2.03. The van der Waals surface area contributed by atoms with Crippen molar-refractivity contribution in [2.75, 3.05) is 18.6 Å². The number of rotatable bonds is 6. The van der Waals surface area contributed by atoms with Crippen molar-refractivity contribution >= 4 is 23.3 Å². The smallest absolute Gasteiger partial charge is 0.315 e. The van der Waals surface area contributed by atoms with Crippen molar-refractivity contribution in [1.29, 1.82) is 0 Å². The van der Waals surface area contributed by atoms with Crippen molar-refractivity contribution in [2.45, 2.75) is 0 Å². The zero-order valence-electron chi connectivity index (χ0n) is 12.0. The molecule has 0 atom stereocenters. The van der Waals surface area contributed by atoms with Crippen LogP contribution in [0.5, 0.6) is 0 Å². The summed E-state index contributed by atoms with van der Waals surface area (Å²) in [5.41, 5.74) is 3.55. The fourth-order valence-electron chi connectivity index (χ4n) is 1.98. The average Bonchev–Trinajstić information content (AvgIpc) is 2.56. The first-order chi connectivity index (χ1) is 10.3. The Morgan fingerprint density at radius 3 is 2.00 bits per heavy atom. The Labute approximate surface area is 129 Å². The summed E-state index contributed by atoms with van der Waals surface area (Å²) >= 11 is 1.55. The van der Waals surface area contributed by atoms with Crippen LogP contribution in [0.1, 0.15) is 11.1 Å². The van der Waals surface area contributed by atoms with Gasteiger partial charge in [0, 0.05) is 5.75 Å². The minimum Gasteiger partial charge on any atom is -0.468 e. The normalized spacial score (nSPS) is 9.95. The summed E-state index contributed by atoms with van der Waals surface area (Å²) in [5.74, 6) is 0.965. The third-order valence-electron chi connectivity index (χ3n) is 3.02. The van der Waals surface area contributed by atoms with E-state index < -0.39 is 0 Å². The first-order valence-electron chi connectivity index (χ1n) is 6.77. The first-order valence-corrected chi connectivity index (χ1v) is 7.92. The Balaban J connectivity index is 2.15. The number of esters is 1. The maximum absolute atomic E-state index is 11.1. The Bertz CT molecular complexity index is 550. The van der Waals surface area contributed by atoms with Gasteiger partial charge in [-0.25, -0.2) is 0 Å². The van der Waals surface area contributed by atoms with Gasteiger partial charge in [0.15, 0.2) is 0 Å². The lowest BCUT2D eigenvalue weighted by atomic mass is 9.98. The highest BCUT2D eigenvalue weighted by Crippen LogP contribution is 2.23. The minimum absolute atomic E-state index is 0.186. The van der Waals surface area contributed by atoms with Gasteiger partial charge in [0.2, 0.25) is 0 Å². The first kappa shape index (κ1) is 15.4. The Kier molecular flexibility index (Phi) is 6.10. The summed E-state index contributed by atoms with van der Waals surface area (Å²) in [6, 6.07) is 20.6. The van der Waals surface area contributed by atoms with Gasteiger partial charge >= 0.3 is 5.97 Å². The van der Waals surface area contributed by atoms with Crippen molar-refractivity contribution in [2.24, 2.45) is 0 Å². The molecule has 0 aliphatic rings. The second-order valence-corrected chi connectivity index (χ2v) is 5.47. The average molecular weight is 298 g/mol. The molecule has 3 heteroatoms. The fraction of sp³-hybridized carbons (Fsp3) is 0.167. The van der Waals surface area contributed by atoms with Gasteiger partial charge in [-0.2, -0.15) is 0 Å². The number of hydrogen-bond acceptors (Lipinski definition) is 3. The van der Waals surface area contributed by atoms with Gasteiger partial charge in [-0.1, -0.05) is 66.7 Å². The number of benzene rings is 2. The molecule has 0 heterocycles. The van der Waals surface area contributed by atoms with Crippen LogP contribution < -0.4 is 0 Å². The topological polar surface area (TPSA) is 26.3 Å². The minimum atomic E-state index is -0.186. The van der Waals surface area contributed by atoms with Crippen LogP contribution in [0.25, 0.3) is 5.57 Å². The van der Waals surface area contributed by atoms with E-state index in [2.05, 4.69) is 35.1 Å². The number of carbonyl (C=O) groups is 1. The van der Waals surface area contributed by atoms with Crippen LogP contribution >= 0.6 is 11.8 Å². The maximum Gasteiger partial charge on any atom is 0.315 e. The number of ether oxygens (including phenoxy) is 1. The lowest BCUT2D eigenvalue weighted by Gasteiger charge is -2.08. The summed E-state index contributed by atoms with van der Waals surface area (Å²) in [5, 5.41) is 0. The van der Waals surface area contributed by atoms with E-state index in [0.29, 0.717) is 5.75 Å². The van der Waals surface area contributed by atoms with E-state index >= 15 is 0 Å². The van der Waals surface area contributed by atoms with Gasteiger partial charge in [-0.3, -0.25) is 4.79 Å². The summed E-state index contributed by atoms with van der Waals surface area (Å²) in [6.07, 6.45) is 2.16. The van der Waals surface area contributed by atoms with E-state index in [4.69, 9.17) is 0 Å². The van der Waals surface area contributed by atoms with E-state index in [-0.39, 0.29) is 5.97 Å². The molecule has 0 N–H and O–H groups in total. The van der Waals surface area contributed by atoms with Crippen LogP contribution in [0.15, 0.2) is 66.7 Å². The molecular formula is C18H18O2S. The third kappa shape index (κ3) is 4.80. The molecule has 108 valence electrons. The molecule has 0 fully saturated rings. The molecule has 2 aromatic rings. The van der Waals surface area contributed by atoms with Crippen molar-refractivity contribution < 1.29 is 9.53 Å². The zero-order chi connectivity index (χ0) is 14.9. The molecule has 0 radical (unpaired) electrons. The number of thioether (sulfide) groups is 1. The molecule has 0 bridgehead atoms. The molecular weight excluding hydrogens is 280 g/mol.